The van der Waals surface area contributed by atoms with Gasteiger partial charge in [-0.25, -0.2) is 4.39 Å². The molecule has 0 radical (unpaired) electrons. The molecule has 0 aromatic heterocycles. The maximum Gasteiger partial charge on any atom is 0.573 e. The fraction of sp³-hybridized carbons (Fsp3) is 0.500. The van der Waals surface area contributed by atoms with Crippen molar-refractivity contribution in [2.75, 3.05) is 13.1 Å². The van der Waals surface area contributed by atoms with Crippen LogP contribution in [0.25, 0.3) is 0 Å². The summed E-state index contributed by atoms with van der Waals surface area (Å²) < 4.78 is 54.8. The highest BCUT2D eigenvalue weighted by Crippen LogP contribution is 2.30. The molecule has 22 heavy (non-hydrogen) atoms. The standard InChI is InChI=1S/C14H15F4NO3/c15-11-4-1-5-12(22-14(16,17)18)10(11)8-19-6-2-3-9(7-19)13(20)21/h1,4-5,9H,2-3,6-8H2,(H,20,21). The average Bonchev–Trinajstić information content (AvgIpc) is 2.41. The van der Waals surface area contributed by atoms with E-state index >= 15 is 0 Å². The second-order valence-electron chi connectivity index (χ2n) is 5.18. The lowest BCUT2D eigenvalue weighted by Crippen LogP contribution is -2.38. The number of hydrogen-bond acceptors (Lipinski definition) is 3. The lowest BCUT2D eigenvalue weighted by atomic mass is 9.98. The van der Waals surface area contributed by atoms with Gasteiger partial charge in [0.05, 0.1) is 5.92 Å². The van der Waals surface area contributed by atoms with Crippen LogP contribution in [0.3, 0.4) is 0 Å². The minimum Gasteiger partial charge on any atom is -0.481 e. The summed E-state index contributed by atoms with van der Waals surface area (Å²) in [5.74, 6) is -2.94. The molecule has 1 heterocycles. The predicted molar refractivity (Wildman–Crippen MR) is 68.7 cm³/mol. The summed E-state index contributed by atoms with van der Waals surface area (Å²) in [7, 11) is 0. The van der Waals surface area contributed by atoms with Crippen LogP contribution in [0, 0.1) is 11.7 Å². The van der Waals surface area contributed by atoms with Crippen molar-refractivity contribution in [2.24, 2.45) is 5.92 Å². The van der Waals surface area contributed by atoms with Crippen LogP contribution in [0.2, 0.25) is 0 Å². The normalized spacial score (nSPS) is 19.9. The second-order valence-corrected chi connectivity index (χ2v) is 5.18. The highest BCUT2D eigenvalue weighted by molar-refractivity contribution is 5.70. The number of halogens is 4. The largest absolute Gasteiger partial charge is 0.573 e. The molecular formula is C14H15F4NO3. The summed E-state index contributed by atoms with van der Waals surface area (Å²) in [6.45, 7) is 0.556. The second kappa shape index (κ2) is 6.51. The van der Waals surface area contributed by atoms with Crippen LogP contribution in [0.15, 0.2) is 18.2 Å². The van der Waals surface area contributed by atoms with E-state index in [4.69, 9.17) is 5.11 Å². The third kappa shape index (κ3) is 4.33. The molecule has 8 heteroatoms. The molecule has 0 amide bonds. The summed E-state index contributed by atoms with van der Waals surface area (Å²) in [6.07, 6.45) is -3.80. The van der Waals surface area contributed by atoms with Gasteiger partial charge in [-0.05, 0) is 31.5 Å². The molecular weight excluding hydrogens is 306 g/mol. The fourth-order valence-electron chi connectivity index (χ4n) is 2.54. The number of likely N-dealkylation sites (tertiary alicyclic amines) is 1. The van der Waals surface area contributed by atoms with E-state index in [1.165, 1.54) is 0 Å². The number of alkyl halides is 3. The Morgan fingerprint density at radius 3 is 2.77 bits per heavy atom. The lowest BCUT2D eigenvalue weighted by molar-refractivity contribution is -0.275. The van der Waals surface area contributed by atoms with Gasteiger partial charge in [0.2, 0.25) is 0 Å². The molecule has 1 aromatic rings. The number of benzene rings is 1. The predicted octanol–water partition coefficient (Wildman–Crippen LogP) is 3.02. The Labute approximate surface area is 124 Å². The zero-order valence-corrected chi connectivity index (χ0v) is 11.6. The van der Waals surface area contributed by atoms with E-state index in [0.29, 0.717) is 19.4 Å². The van der Waals surface area contributed by atoms with Crippen LogP contribution in [-0.2, 0) is 11.3 Å². The number of rotatable bonds is 4. The van der Waals surface area contributed by atoms with Crippen molar-refractivity contribution in [2.45, 2.75) is 25.7 Å². The van der Waals surface area contributed by atoms with E-state index in [1.807, 2.05) is 0 Å². The van der Waals surface area contributed by atoms with Crippen LogP contribution in [-0.4, -0.2) is 35.4 Å². The zero-order valence-electron chi connectivity index (χ0n) is 11.6. The molecule has 0 aliphatic carbocycles. The first-order chi connectivity index (χ1) is 10.3. The number of carboxylic acids is 1. The molecule has 0 spiro atoms. The molecule has 1 N–H and O–H groups in total. The summed E-state index contributed by atoms with van der Waals surface area (Å²) in [5, 5.41) is 9.01. The lowest BCUT2D eigenvalue weighted by Gasteiger charge is -2.31. The van der Waals surface area contributed by atoms with Crippen LogP contribution in [0.4, 0.5) is 17.6 Å². The molecule has 1 atom stereocenters. The number of hydrogen-bond donors (Lipinski definition) is 1. The van der Waals surface area contributed by atoms with Crippen molar-refractivity contribution in [3.8, 4) is 5.75 Å². The third-order valence-electron chi connectivity index (χ3n) is 3.54. The van der Waals surface area contributed by atoms with Gasteiger partial charge in [-0.15, -0.1) is 13.2 Å². The van der Waals surface area contributed by atoms with E-state index < -0.39 is 29.8 Å². The Kier molecular flexibility index (Phi) is 4.90. The Morgan fingerprint density at radius 1 is 1.41 bits per heavy atom. The highest BCUT2D eigenvalue weighted by Gasteiger charge is 2.33. The van der Waals surface area contributed by atoms with Crippen molar-refractivity contribution in [3.05, 3.63) is 29.6 Å². The average molecular weight is 321 g/mol. The molecule has 1 aromatic carbocycles. The number of ether oxygens (including phenoxy) is 1. The van der Waals surface area contributed by atoms with Gasteiger partial charge < -0.3 is 9.84 Å². The van der Waals surface area contributed by atoms with E-state index in [2.05, 4.69) is 4.74 Å². The van der Waals surface area contributed by atoms with E-state index in [9.17, 15) is 22.4 Å². The van der Waals surface area contributed by atoms with Gasteiger partial charge in [-0.2, -0.15) is 0 Å². The molecule has 1 aliphatic rings. The summed E-state index contributed by atoms with van der Waals surface area (Å²) in [5.41, 5.74) is -0.217. The molecule has 1 fully saturated rings. The van der Waals surface area contributed by atoms with E-state index in [1.54, 1.807) is 4.90 Å². The monoisotopic (exact) mass is 321 g/mol. The first-order valence-electron chi connectivity index (χ1n) is 6.74. The van der Waals surface area contributed by atoms with Gasteiger partial charge in [0.15, 0.2) is 0 Å². The van der Waals surface area contributed by atoms with Crippen molar-refractivity contribution >= 4 is 5.97 Å². The fourth-order valence-corrected chi connectivity index (χ4v) is 2.54. The Hall–Kier alpha value is -1.83. The third-order valence-corrected chi connectivity index (χ3v) is 3.54. The summed E-state index contributed by atoms with van der Waals surface area (Å²) >= 11 is 0. The minimum absolute atomic E-state index is 0.123. The van der Waals surface area contributed by atoms with Gasteiger partial charge in [-0.3, -0.25) is 9.69 Å². The number of nitrogens with zero attached hydrogens (tertiary/aromatic N) is 1. The van der Waals surface area contributed by atoms with E-state index in [-0.39, 0.29) is 18.7 Å². The van der Waals surface area contributed by atoms with Gasteiger partial charge in [-0.1, -0.05) is 6.07 Å². The topological polar surface area (TPSA) is 49.8 Å². The van der Waals surface area contributed by atoms with Gasteiger partial charge in [0.1, 0.15) is 11.6 Å². The molecule has 122 valence electrons. The van der Waals surface area contributed by atoms with E-state index in [0.717, 1.165) is 18.2 Å². The first kappa shape index (κ1) is 16.5. The maximum absolute atomic E-state index is 13.8. The van der Waals surface area contributed by atoms with Gasteiger partial charge in [0, 0.05) is 18.7 Å². The van der Waals surface area contributed by atoms with Crippen molar-refractivity contribution in [1.82, 2.24) is 4.90 Å². The molecule has 2 rings (SSSR count). The molecule has 1 saturated heterocycles. The molecule has 1 unspecified atom stereocenters. The van der Waals surface area contributed by atoms with Gasteiger partial charge >= 0.3 is 12.3 Å². The Morgan fingerprint density at radius 2 is 2.14 bits per heavy atom. The summed E-state index contributed by atoms with van der Waals surface area (Å²) in [4.78, 5) is 12.6. The summed E-state index contributed by atoms with van der Waals surface area (Å²) in [6, 6.07) is 3.23. The maximum atomic E-state index is 13.8. The molecule has 4 nitrogen and oxygen atoms in total. The zero-order chi connectivity index (χ0) is 16.3. The quantitative estimate of drug-likeness (QED) is 0.866. The molecule has 0 bridgehead atoms. The van der Waals surface area contributed by atoms with Crippen LogP contribution in [0.5, 0.6) is 5.75 Å². The van der Waals surface area contributed by atoms with Gasteiger partial charge in [0.25, 0.3) is 0 Å². The van der Waals surface area contributed by atoms with Crippen LogP contribution in [0.1, 0.15) is 18.4 Å². The Bertz CT molecular complexity index is 547. The van der Waals surface area contributed by atoms with Crippen LogP contribution < -0.4 is 4.74 Å². The first-order valence-corrected chi connectivity index (χ1v) is 6.74. The number of piperidine rings is 1. The Balaban J connectivity index is 2.16. The molecule has 0 saturated carbocycles. The highest BCUT2D eigenvalue weighted by atomic mass is 19.4. The minimum atomic E-state index is -4.91. The van der Waals surface area contributed by atoms with Crippen molar-refractivity contribution in [3.63, 3.8) is 0 Å². The smallest absolute Gasteiger partial charge is 0.481 e. The SMILES string of the molecule is O=C(O)C1CCCN(Cc2c(F)cccc2OC(F)(F)F)C1. The number of carbonyl (C=O) groups is 1. The number of aliphatic carboxylic acids is 1. The van der Waals surface area contributed by atoms with Crippen LogP contribution >= 0.6 is 0 Å². The molecule has 1 aliphatic heterocycles. The van der Waals surface area contributed by atoms with Crippen molar-refractivity contribution in [1.29, 1.82) is 0 Å². The number of carboxylic acid groups (broad SMARTS) is 1. The van der Waals surface area contributed by atoms with Crippen molar-refractivity contribution < 1.29 is 32.2 Å².